The third-order valence-electron chi connectivity index (χ3n) is 2.04. The van der Waals surface area contributed by atoms with Crippen LogP contribution in [0.3, 0.4) is 0 Å². The molecule has 0 saturated heterocycles. The molecular formula is C13H9F3O2S. The van der Waals surface area contributed by atoms with Crippen molar-refractivity contribution in [3.63, 3.8) is 0 Å². The first-order valence-corrected chi connectivity index (χ1v) is 6.02. The number of alkyl halides is 3. The molecule has 0 radical (unpaired) electrons. The Labute approximate surface area is 112 Å². The number of hydrogen-bond acceptors (Lipinski definition) is 3. The molecule has 2 aromatic carbocycles. The van der Waals surface area contributed by atoms with Crippen LogP contribution in [0.25, 0.3) is 0 Å². The van der Waals surface area contributed by atoms with Gasteiger partial charge in [-0.2, -0.15) is 0 Å². The quantitative estimate of drug-likeness (QED) is 0.735. The van der Waals surface area contributed by atoms with Crippen LogP contribution in [0.1, 0.15) is 0 Å². The van der Waals surface area contributed by atoms with Crippen LogP contribution >= 0.6 is 12.0 Å². The molecule has 0 saturated carbocycles. The molecule has 0 N–H and O–H groups in total. The smallest absolute Gasteiger partial charge is 0.457 e. The number of benzene rings is 2. The van der Waals surface area contributed by atoms with E-state index in [-0.39, 0.29) is 12.0 Å². The summed E-state index contributed by atoms with van der Waals surface area (Å²) >= 11 is 0.262. The lowest BCUT2D eigenvalue weighted by molar-refractivity contribution is -0.266. The zero-order chi connectivity index (χ0) is 13.7. The SMILES string of the molecule is FC(F)(F)OSc1ccc(Oc2ccccc2)cc1. The minimum absolute atomic E-state index is 0.262. The van der Waals surface area contributed by atoms with Crippen LogP contribution in [0.4, 0.5) is 13.2 Å². The summed E-state index contributed by atoms with van der Waals surface area (Å²) in [7, 11) is 0. The van der Waals surface area contributed by atoms with Gasteiger partial charge in [0.05, 0.1) is 0 Å². The first-order valence-electron chi connectivity index (χ1n) is 5.28. The van der Waals surface area contributed by atoms with Crippen molar-refractivity contribution in [2.75, 3.05) is 0 Å². The molecule has 0 aliphatic heterocycles. The van der Waals surface area contributed by atoms with E-state index in [1.54, 1.807) is 24.3 Å². The van der Waals surface area contributed by atoms with Gasteiger partial charge in [-0.15, -0.1) is 13.2 Å². The van der Waals surface area contributed by atoms with Crippen molar-refractivity contribution in [1.29, 1.82) is 0 Å². The maximum absolute atomic E-state index is 11.8. The Bertz CT molecular complexity index is 512. The Balaban J connectivity index is 1.95. The van der Waals surface area contributed by atoms with Gasteiger partial charge >= 0.3 is 6.36 Å². The van der Waals surface area contributed by atoms with Gasteiger partial charge < -0.3 is 4.74 Å². The molecule has 100 valence electrons. The average Bonchev–Trinajstić information content (AvgIpc) is 2.38. The van der Waals surface area contributed by atoms with E-state index in [9.17, 15) is 13.2 Å². The fourth-order valence-electron chi connectivity index (χ4n) is 1.28. The topological polar surface area (TPSA) is 18.5 Å². The molecule has 2 aromatic rings. The Morgan fingerprint density at radius 1 is 0.789 bits per heavy atom. The molecule has 2 nitrogen and oxygen atoms in total. The van der Waals surface area contributed by atoms with Crippen LogP contribution < -0.4 is 4.74 Å². The fraction of sp³-hybridized carbons (Fsp3) is 0.0769. The van der Waals surface area contributed by atoms with Crippen LogP contribution in [-0.4, -0.2) is 6.36 Å². The molecule has 2 rings (SSSR count). The van der Waals surface area contributed by atoms with E-state index in [0.29, 0.717) is 16.4 Å². The third-order valence-corrected chi connectivity index (χ3v) is 2.77. The first-order chi connectivity index (χ1) is 9.03. The molecule has 0 spiro atoms. The van der Waals surface area contributed by atoms with Crippen LogP contribution in [0, 0.1) is 0 Å². The van der Waals surface area contributed by atoms with Crippen LogP contribution in [-0.2, 0) is 4.18 Å². The number of halogens is 3. The maximum atomic E-state index is 11.8. The van der Waals surface area contributed by atoms with E-state index >= 15 is 0 Å². The molecule has 0 aromatic heterocycles. The zero-order valence-electron chi connectivity index (χ0n) is 9.55. The Hall–Kier alpha value is -1.66. The van der Waals surface area contributed by atoms with E-state index in [4.69, 9.17) is 4.74 Å². The largest absolute Gasteiger partial charge is 0.533 e. The highest BCUT2D eigenvalue weighted by Crippen LogP contribution is 2.30. The summed E-state index contributed by atoms with van der Waals surface area (Å²) in [6.45, 7) is 0. The molecule has 6 heteroatoms. The van der Waals surface area contributed by atoms with Gasteiger partial charge in [0, 0.05) is 16.9 Å². The molecule has 0 amide bonds. The summed E-state index contributed by atoms with van der Waals surface area (Å²) in [5, 5.41) is 0. The average molecular weight is 286 g/mol. The second-order valence-electron chi connectivity index (χ2n) is 3.50. The second kappa shape index (κ2) is 5.99. The summed E-state index contributed by atoms with van der Waals surface area (Å²) in [5.74, 6) is 1.21. The van der Waals surface area contributed by atoms with E-state index in [1.807, 2.05) is 18.2 Å². The van der Waals surface area contributed by atoms with Crippen molar-refractivity contribution in [3.05, 3.63) is 54.6 Å². The monoisotopic (exact) mass is 286 g/mol. The molecule has 0 atom stereocenters. The van der Waals surface area contributed by atoms with Crippen molar-refractivity contribution < 1.29 is 22.1 Å². The molecule has 19 heavy (non-hydrogen) atoms. The summed E-state index contributed by atoms with van der Waals surface area (Å²) in [6, 6.07) is 15.2. The van der Waals surface area contributed by atoms with Crippen molar-refractivity contribution >= 4 is 12.0 Å². The number of rotatable bonds is 4. The van der Waals surface area contributed by atoms with Crippen molar-refractivity contribution in [3.8, 4) is 11.5 Å². The summed E-state index contributed by atoms with van der Waals surface area (Å²) in [4.78, 5) is 0.345. The van der Waals surface area contributed by atoms with E-state index < -0.39 is 6.36 Å². The standard InChI is InChI=1S/C13H9F3O2S/c14-13(15,16)18-19-12-8-6-11(7-9-12)17-10-4-2-1-3-5-10/h1-9H. The lowest BCUT2D eigenvalue weighted by Gasteiger charge is -2.07. The summed E-state index contributed by atoms with van der Waals surface area (Å²) in [6.07, 6.45) is -4.65. The minimum atomic E-state index is -4.65. The predicted octanol–water partition coefficient (Wildman–Crippen LogP) is 5.02. The molecule has 0 heterocycles. The molecule has 0 aliphatic carbocycles. The molecule has 0 aliphatic rings. The summed E-state index contributed by atoms with van der Waals surface area (Å²) in [5.41, 5.74) is 0. The molecule has 0 unspecified atom stereocenters. The van der Waals surface area contributed by atoms with Crippen molar-refractivity contribution in [2.24, 2.45) is 0 Å². The van der Waals surface area contributed by atoms with Gasteiger partial charge in [-0.1, -0.05) is 18.2 Å². The van der Waals surface area contributed by atoms with Gasteiger partial charge in [-0.3, -0.25) is 0 Å². The predicted molar refractivity (Wildman–Crippen MR) is 66.0 cm³/mol. The number of para-hydroxylation sites is 1. The van der Waals surface area contributed by atoms with Gasteiger partial charge in [0.25, 0.3) is 0 Å². The van der Waals surface area contributed by atoms with Crippen LogP contribution in [0.5, 0.6) is 11.5 Å². The van der Waals surface area contributed by atoms with E-state index in [2.05, 4.69) is 4.18 Å². The minimum Gasteiger partial charge on any atom is -0.457 e. The van der Waals surface area contributed by atoms with Crippen molar-refractivity contribution in [2.45, 2.75) is 11.3 Å². The molecule has 0 fully saturated rings. The fourth-order valence-corrected chi connectivity index (χ4v) is 1.72. The Morgan fingerprint density at radius 3 is 1.95 bits per heavy atom. The highest BCUT2D eigenvalue weighted by Gasteiger charge is 2.30. The summed E-state index contributed by atoms with van der Waals surface area (Å²) < 4.78 is 44.7. The maximum Gasteiger partial charge on any atom is 0.533 e. The highest BCUT2D eigenvalue weighted by molar-refractivity contribution is 7.94. The van der Waals surface area contributed by atoms with E-state index in [1.165, 1.54) is 12.1 Å². The number of ether oxygens (including phenoxy) is 1. The zero-order valence-corrected chi connectivity index (χ0v) is 10.4. The Kier molecular flexibility index (Phi) is 4.34. The van der Waals surface area contributed by atoms with Gasteiger partial charge in [0.2, 0.25) is 0 Å². The van der Waals surface area contributed by atoms with Crippen LogP contribution in [0.15, 0.2) is 59.5 Å². The normalized spacial score (nSPS) is 11.3. The second-order valence-corrected chi connectivity index (χ2v) is 4.30. The lowest BCUT2D eigenvalue weighted by atomic mass is 10.3. The van der Waals surface area contributed by atoms with Gasteiger partial charge in [-0.25, -0.2) is 4.18 Å². The van der Waals surface area contributed by atoms with Gasteiger partial charge in [0.1, 0.15) is 11.5 Å². The van der Waals surface area contributed by atoms with E-state index in [0.717, 1.165) is 0 Å². The lowest BCUT2D eigenvalue weighted by Crippen LogP contribution is -2.07. The first kappa shape index (κ1) is 13.8. The van der Waals surface area contributed by atoms with Crippen molar-refractivity contribution in [1.82, 2.24) is 0 Å². The third kappa shape index (κ3) is 4.84. The molecule has 0 bridgehead atoms. The molecular weight excluding hydrogens is 277 g/mol. The van der Waals surface area contributed by atoms with Gasteiger partial charge in [-0.05, 0) is 36.4 Å². The highest BCUT2D eigenvalue weighted by atomic mass is 32.2. The van der Waals surface area contributed by atoms with Crippen LogP contribution in [0.2, 0.25) is 0 Å². The van der Waals surface area contributed by atoms with Gasteiger partial charge in [0.15, 0.2) is 0 Å². The Morgan fingerprint density at radius 2 is 1.37 bits per heavy atom. The number of hydrogen-bond donors (Lipinski definition) is 0.